The zero-order valence-electron chi connectivity index (χ0n) is 11.7. The Labute approximate surface area is 129 Å². The second-order valence-electron chi connectivity index (χ2n) is 4.71. The van der Waals surface area contributed by atoms with Crippen LogP contribution in [0.3, 0.4) is 0 Å². The van der Waals surface area contributed by atoms with E-state index in [9.17, 15) is 8.42 Å². The van der Waals surface area contributed by atoms with Crippen molar-refractivity contribution >= 4 is 27.0 Å². The van der Waals surface area contributed by atoms with Crippen molar-refractivity contribution in [3.05, 3.63) is 53.6 Å². The number of benzene rings is 2. The molecule has 0 atom stereocenters. The number of nitrogens with two attached hydrogens (primary N) is 1. The van der Waals surface area contributed by atoms with Crippen LogP contribution in [0, 0.1) is 6.92 Å². The Balaban J connectivity index is 2.33. The average molecular weight is 321 g/mol. The van der Waals surface area contributed by atoms with Gasteiger partial charge in [0.25, 0.3) is 0 Å². The third kappa shape index (κ3) is 3.80. The maximum atomic E-state index is 11.4. The van der Waals surface area contributed by atoms with Gasteiger partial charge in [0.2, 0.25) is 0 Å². The van der Waals surface area contributed by atoms with Crippen LogP contribution in [0.15, 0.2) is 47.4 Å². The van der Waals surface area contributed by atoms with Crippen molar-refractivity contribution in [3.63, 3.8) is 0 Å². The SMILES string of the molecule is Cc1ccc(Oc2ccc(S(C)(=O)=O)cc2)c(C(N)=S)c1. The van der Waals surface area contributed by atoms with Crippen LogP contribution in [0.25, 0.3) is 0 Å². The number of ether oxygens (including phenoxy) is 1. The lowest BCUT2D eigenvalue weighted by atomic mass is 10.1. The Kier molecular flexibility index (Phi) is 4.29. The fraction of sp³-hybridized carbons (Fsp3) is 0.133. The first kappa shape index (κ1) is 15.5. The lowest BCUT2D eigenvalue weighted by Crippen LogP contribution is -2.11. The van der Waals surface area contributed by atoms with Gasteiger partial charge in [0.1, 0.15) is 16.5 Å². The molecular weight excluding hydrogens is 306 g/mol. The smallest absolute Gasteiger partial charge is 0.175 e. The number of rotatable bonds is 4. The fourth-order valence-corrected chi connectivity index (χ4v) is 2.60. The molecule has 0 aliphatic carbocycles. The molecule has 0 saturated carbocycles. The van der Waals surface area contributed by atoms with E-state index in [1.54, 1.807) is 18.2 Å². The first-order chi connectivity index (χ1) is 9.77. The standard InChI is InChI=1S/C15H15NO3S2/c1-10-3-8-14(13(9-10)15(16)20)19-11-4-6-12(7-5-11)21(2,17)18/h3-9H,1-2H3,(H2,16,20). The Morgan fingerprint density at radius 1 is 1.14 bits per heavy atom. The second-order valence-corrected chi connectivity index (χ2v) is 7.17. The van der Waals surface area contributed by atoms with Crippen molar-refractivity contribution in [3.8, 4) is 11.5 Å². The summed E-state index contributed by atoms with van der Waals surface area (Å²) in [5, 5.41) is 0. The predicted octanol–water partition coefficient (Wildman–Crippen LogP) is 2.83. The summed E-state index contributed by atoms with van der Waals surface area (Å²) in [7, 11) is -3.22. The molecule has 2 N–H and O–H groups in total. The molecule has 0 bridgehead atoms. The summed E-state index contributed by atoms with van der Waals surface area (Å²) in [4.78, 5) is 0.495. The molecule has 0 aromatic heterocycles. The first-order valence-corrected chi connectivity index (χ1v) is 8.46. The minimum atomic E-state index is -3.22. The predicted molar refractivity (Wildman–Crippen MR) is 86.7 cm³/mol. The van der Waals surface area contributed by atoms with Crippen LogP contribution < -0.4 is 10.5 Å². The molecule has 4 nitrogen and oxygen atoms in total. The van der Waals surface area contributed by atoms with Crippen molar-refractivity contribution in [2.24, 2.45) is 5.73 Å². The Morgan fingerprint density at radius 2 is 1.76 bits per heavy atom. The highest BCUT2D eigenvalue weighted by Crippen LogP contribution is 2.27. The molecule has 110 valence electrons. The zero-order chi connectivity index (χ0) is 15.6. The molecule has 0 radical (unpaired) electrons. The topological polar surface area (TPSA) is 69.4 Å². The first-order valence-electron chi connectivity index (χ1n) is 6.16. The van der Waals surface area contributed by atoms with E-state index in [0.717, 1.165) is 11.8 Å². The summed E-state index contributed by atoms with van der Waals surface area (Å²) in [5.74, 6) is 1.06. The maximum Gasteiger partial charge on any atom is 0.175 e. The van der Waals surface area contributed by atoms with E-state index in [2.05, 4.69) is 0 Å². The Hall–Kier alpha value is -1.92. The highest BCUT2D eigenvalue weighted by molar-refractivity contribution is 7.90. The van der Waals surface area contributed by atoms with E-state index >= 15 is 0 Å². The van der Waals surface area contributed by atoms with Crippen LogP contribution >= 0.6 is 12.2 Å². The number of aryl methyl sites for hydroxylation is 1. The van der Waals surface area contributed by atoms with Gasteiger partial charge in [-0.1, -0.05) is 23.8 Å². The molecule has 0 spiro atoms. The normalized spacial score (nSPS) is 11.1. The van der Waals surface area contributed by atoms with Gasteiger partial charge in [-0.3, -0.25) is 0 Å². The quantitative estimate of drug-likeness (QED) is 0.877. The van der Waals surface area contributed by atoms with Gasteiger partial charge in [-0.2, -0.15) is 0 Å². The molecule has 0 aliphatic rings. The molecule has 0 amide bonds. The third-order valence-electron chi connectivity index (χ3n) is 2.88. The van der Waals surface area contributed by atoms with Gasteiger partial charge < -0.3 is 10.5 Å². The van der Waals surface area contributed by atoms with Gasteiger partial charge in [-0.25, -0.2) is 8.42 Å². The number of hydrogen-bond donors (Lipinski definition) is 1. The summed E-state index contributed by atoms with van der Waals surface area (Å²) < 4.78 is 28.5. The van der Waals surface area contributed by atoms with Gasteiger partial charge >= 0.3 is 0 Å². The number of thiocarbonyl (C=S) groups is 1. The zero-order valence-corrected chi connectivity index (χ0v) is 13.3. The molecule has 0 heterocycles. The molecule has 0 aliphatic heterocycles. The minimum absolute atomic E-state index is 0.244. The largest absolute Gasteiger partial charge is 0.457 e. The van der Waals surface area contributed by atoms with E-state index < -0.39 is 9.84 Å². The summed E-state index contributed by atoms with van der Waals surface area (Å²) >= 11 is 5.01. The van der Waals surface area contributed by atoms with Crippen LogP contribution in [0.4, 0.5) is 0 Å². The molecule has 0 saturated heterocycles. The fourth-order valence-electron chi connectivity index (χ4n) is 1.81. The van der Waals surface area contributed by atoms with Gasteiger partial charge in [0.05, 0.1) is 10.5 Å². The molecular formula is C15H15NO3S2. The Morgan fingerprint density at radius 3 is 2.29 bits per heavy atom. The lowest BCUT2D eigenvalue weighted by Gasteiger charge is -2.11. The molecule has 21 heavy (non-hydrogen) atoms. The van der Waals surface area contributed by atoms with E-state index in [-0.39, 0.29) is 9.88 Å². The van der Waals surface area contributed by atoms with Gasteiger partial charge in [-0.15, -0.1) is 0 Å². The van der Waals surface area contributed by atoms with Crippen LogP contribution in [-0.2, 0) is 9.84 Å². The lowest BCUT2D eigenvalue weighted by molar-refractivity contribution is 0.481. The molecule has 0 unspecified atom stereocenters. The maximum absolute atomic E-state index is 11.4. The monoisotopic (exact) mass is 321 g/mol. The van der Waals surface area contributed by atoms with Crippen LogP contribution in [0.1, 0.15) is 11.1 Å². The van der Waals surface area contributed by atoms with Gasteiger partial charge in [0.15, 0.2) is 9.84 Å². The van der Waals surface area contributed by atoms with Crippen LogP contribution in [0.2, 0.25) is 0 Å². The molecule has 2 rings (SSSR count). The summed E-state index contributed by atoms with van der Waals surface area (Å²) in [6, 6.07) is 11.7. The highest BCUT2D eigenvalue weighted by atomic mass is 32.2. The number of sulfone groups is 1. The summed E-state index contributed by atoms with van der Waals surface area (Å²) in [6.45, 7) is 1.94. The van der Waals surface area contributed by atoms with Crippen molar-refractivity contribution in [1.82, 2.24) is 0 Å². The van der Waals surface area contributed by atoms with Crippen molar-refractivity contribution < 1.29 is 13.2 Å². The third-order valence-corrected chi connectivity index (χ3v) is 4.23. The molecule has 0 fully saturated rings. The van der Waals surface area contributed by atoms with E-state index in [4.69, 9.17) is 22.7 Å². The van der Waals surface area contributed by atoms with Crippen LogP contribution in [-0.4, -0.2) is 19.7 Å². The Bertz CT molecular complexity index is 781. The van der Waals surface area contributed by atoms with Gasteiger partial charge in [-0.05, 0) is 43.3 Å². The van der Waals surface area contributed by atoms with Crippen LogP contribution in [0.5, 0.6) is 11.5 Å². The van der Waals surface area contributed by atoms with Crippen molar-refractivity contribution in [1.29, 1.82) is 0 Å². The van der Waals surface area contributed by atoms with Crippen molar-refractivity contribution in [2.45, 2.75) is 11.8 Å². The van der Waals surface area contributed by atoms with E-state index in [1.165, 1.54) is 12.1 Å². The van der Waals surface area contributed by atoms with Crippen molar-refractivity contribution in [2.75, 3.05) is 6.26 Å². The van der Waals surface area contributed by atoms with E-state index in [0.29, 0.717) is 17.1 Å². The average Bonchev–Trinajstić information content (AvgIpc) is 2.40. The number of hydrogen-bond acceptors (Lipinski definition) is 4. The summed E-state index contributed by atoms with van der Waals surface area (Å²) in [6.07, 6.45) is 1.16. The molecule has 2 aromatic rings. The summed E-state index contributed by atoms with van der Waals surface area (Å²) in [5.41, 5.74) is 7.37. The second kappa shape index (κ2) is 5.83. The van der Waals surface area contributed by atoms with E-state index in [1.807, 2.05) is 19.1 Å². The molecule has 2 aromatic carbocycles. The minimum Gasteiger partial charge on any atom is -0.457 e. The van der Waals surface area contributed by atoms with Gasteiger partial charge in [0, 0.05) is 6.26 Å². The molecule has 6 heteroatoms. The highest BCUT2D eigenvalue weighted by Gasteiger charge is 2.10.